The standard InChI is InChI=1S/C25H40O5/c1-15-8-9-18-17(12-15)14-25(6)20(23(18,3)4)13-21(28-25)24(5)11-10-19(29-30-24)16(2)22(26)27-7/h12,16-21H,8-11,13-14H2,1-7H3/t16-,17+,18+,19-,20-,21-,24+,25-/m1/s1. The molecular formula is C25H40O5. The molecule has 2 aliphatic heterocycles. The average molecular weight is 421 g/mol. The molecule has 2 saturated heterocycles. The highest BCUT2D eigenvalue weighted by Crippen LogP contribution is 2.62. The van der Waals surface area contributed by atoms with Gasteiger partial charge in [-0.2, -0.15) is 0 Å². The Hall–Kier alpha value is -0.910. The predicted octanol–water partition coefficient (Wildman–Crippen LogP) is 5.23. The van der Waals surface area contributed by atoms with Gasteiger partial charge in [0.1, 0.15) is 11.7 Å². The van der Waals surface area contributed by atoms with Crippen LogP contribution in [-0.2, 0) is 24.0 Å². The third-order valence-electron chi connectivity index (χ3n) is 9.06. The average Bonchev–Trinajstić information content (AvgIpc) is 3.06. The third kappa shape index (κ3) is 3.55. The van der Waals surface area contributed by atoms with Crippen LogP contribution < -0.4 is 0 Å². The highest BCUT2D eigenvalue weighted by Gasteiger charge is 2.62. The van der Waals surface area contributed by atoms with Crippen LogP contribution in [0.4, 0.5) is 0 Å². The number of methoxy groups -OCH3 is 1. The van der Waals surface area contributed by atoms with Crippen LogP contribution in [0.3, 0.4) is 0 Å². The lowest BCUT2D eigenvalue weighted by Crippen LogP contribution is -2.53. The van der Waals surface area contributed by atoms with Gasteiger partial charge in [-0.05, 0) is 89.4 Å². The minimum Gasteiger partial charge on any atom is -0.469 e. The van der Waals surface area contributed by atoms with Crippen molar-refractivity contribution in [2.45, 2.75) is 103 Å². The van der Waals surface area contributed by atoms with E-state index in [1.165, 1.54) is 25.5 Å². The molecule has 3 fully saturated rings. The van der Waals surface area contributed by atoms with E-state index < -0.39 is 5.60 Å². The molecule has 8 atom stereocenters. The molecule has 0 amide bonds. The maximum absolute atomic E-state index is 11.9. The maximum Gasteiger partial charge on any atom is 0.311 e. The fourth-order valence-corrected chi connectivity index (χ4v) is 7.16. The molecule has 5 nitrogen and oxygen atoms in total. The molecule has 170 valence electrons. The first-order chi connectivity index (χ1) is 14.0. The summed E-state index contributed by atoms with van der Waals surface area (Å²) in [6, 6.07) is 0. The van der Waals surface area contributed by atoms with E-state index in [2.05, 4.69) is 40.7 Å². The molecule has 0 N–H and O–H groups in total. The smallest absolute Gasteiger partial charge is 0.311 e. The zero-order valence-electron chi connectivity index (χ0n) is 19.8. The van der Waals surface area contributed by atoms with Gasteiger partial charge in [0.05, 0.1) is 24.7 Å². The number of hydrogen-bond donors (Lipinski definition) is 0. The van der Waals surface area contributed by atoms with E-state index in [0.717, 1.165) is 31.6 Å². The Labute approximate surface area is 181 Å². The Kier molecular flexibility index (Phi) is 5.64. The molecule has 2 heterocycles. The lowest BCUT2D eigenvalue weighted by atomic mass is 9.51. The van der Waals surface area contributed by atoms with Gasteiger partial charge in [0.2, 0.25) is 0 Å². The van der Waals surface area contributed by atoms with Crippen LogP contribution in [0.25, 0.3) is 0 Å². The molecule has 0 aromatic carbocycles. The van der Waals surface area contributed by atoms with E-state index in [4.69, 9.17) is 19.2 Å². The highest BCUT2D eigenvalue weighted by atomic mass is 17.2. The van der Waals surface area contributed by atoms with Gasteiger partial charge in [0.15, 0.2) is 0 Å². The van der Waals surface area contributed by atoms with Gasteiger partial charge in [-0.25, -0.2) is 9.78 Å². The van der Waals surface area contributed by atoms with E-state index in [-0.39, 0.29) is 35.1 Å². The largest absolute Gasteiger partial charge is 0.469 e. The monoisotopic (exact) mass is 420 g/mol. The molecule has 5 heteroatoms. The Bertz CT molecular complexity index is 704. The molecule has 1 saturated carbocycles. The molecule has 2 aliphatic carbocycles. The number of ether oxygens (including phenoxy) is 2. The summed E-state index contributed by atoms with van der Waals surface area (Å²) >= 11 is 0. The number of carbonyl (C=O) groups excluding carboxylic acids is 1. The van der Waals surface area contributed by atoms with Gasteiger partial charge >= 0.3 is 5.97 Å². The van der Waals surface area contributed by atoms with Crippen molar-refractivity contribution >= 4 is 5.97 Å². The zero-order chi connectivity index (χ0) is 21.9. The molecular weight excluding hydrogens is 380 g/mol. The first kappa shape index (κ1) is 22.3. The van der Waals surface area contributed by atoms with Crippen molar-refractivity contribution in [1.82, 2.24) is 0 Å². The molecule has 0 aromatic rings. The lowest BCUT2D eigenvalue weighted by Gasteiger charge is -2.55. The first-order valence-corrected chi connectivity index (χ1v) is 11.8. The van der Waals surface area contributed by atoms with Gasteiger partial charge in [-0.3, -0.25) is 4.79 Å². The summed E-state index contributed by atoms with van der Waals surface area (Å²) in [6.45, 7) is 13.5. The van der Waals surface area contributed by atoms with Crippen LogP contribution in [0.2, 0.25) is 0 Å². The summed E-state index contributed by atoms with van der Waals surface area (Å²) in [5.74, 6) is 1.26. The predicted molar refractivity (Wildman–Crippen MR) is 115 cm³/mol. The van der Waals surface area contributed by atoms with E-state index in [0.29, 0.717) is 11.8 Å². The van der Waals surface area contributed by atoms with Gasteiger partial charge < -0.3 is 9.47 Å². The molecule has 0 aromatic heterocycles. The van der Waals surface area contributed by atoms with Gasteiger partial charge in [-0.15, -0.1) is 0 Å². The summed E-state index contributed by atoms with van der Waals surface area (Å²) in [5.41, 5.74) is 1.15. The number of esters is 1. The fraction of sp³-hybridized carbons (Fsp3) is 0.880. The summed E-state index contributed by atoms with van der Waals surface area (Å²) in [6.07, 6.45) is 8.47. The summed E-state index contributed by atoms with van der Waals surface area (Å²) in [7, 11) is 1.41. The molecule has 0 radical (unpaired) electrons. The molecule has 0 bridgehead atoms. The van der Waals surface area contributed by atoms with E-state index in [9.17, 15) is 4.79 Å². The number of carbonyl (C=O) groups is 1. The molecule has 4 aliphatic rings. The van der Waals surface area contributed by atoms with Crippen molar-refractivity contribution in [2.75, 3.05) is 7.11 Å². The van der Waals surface area contributed by atoms with Crippen molar-refractivity contribution in [3.63, 3.8) is 0 Å². The van der Waals surface area contributed by atoms with Crippen molar-refractivity contribution in [2.24, 2.45) is 29.1 Å². The van der Waals surface area contributed by atoms with Crippen molar-refractivity contribution in [1.29, 1.82) is 0 Å². The van der Waals surface area contributed by atoms with Crippen LogP contribution in [0.1, 0.15) is 80.1 Å². The van der Waals surface area contributed by atoms with Crippen molar-refractivity contribution in [3.8, 4) is 0 Å². The Morgan fingerprint density at radius 2 is 1.93 bits per heavy atom. The molecule has 4 rings (SSSR count). The van der Waals surface area contributed by atoms with E-state index in [1.54, 1.807) is 0 Å². The SMILES string of the molecule is COC(=O)[C@H](C)[C@H]1CC[C@@](C)([C@H]2C[C@@H]3C(C)(C)[C@H]4CCC(C)=C[C@H]4C[C@@]3(C)O2)OO1. The van der Waals surface area contributed by atoms with Crippen molar-refractivity contribution in [3.05, 3.63) is 11.6 Å². The van der Waals surface area contributed by atoms with Crippen LogP contribution >= 0.6 is 0 Å². The minimum absolute atomic E-state index is 0.00591. The Morgan fingerprint density at radius 1 is 1.20 bits per heavy atom. The molecule has 30 heavy (non-hydrogen) atoms. The number of allylic oxidation sites excluding steroid dienone is 2. The third-order valence-corrected chi connectivity index (χ3v) is 9.06. The Morgan fingerprint density at radius 3 is 2.57 bits per heavy atom. The van der Waals surface area contributed by atoms with Crippen LogP contribution in [-0.4, -0.2) is 36.5 Å². The van der Waals surface area contributed by atoms with Crippen LogP contribution in [0.15, 0.2) is 11.6 Å². The normalized spacial score (nSPS) is 46.4. The van der Waals surface area contributed by atoms with Crippen molar-refractivity contribution < 1.29 is 24.0 Å². The maximum atomic E-state index is 11.9. The quantitative estimate of drug-likeness (QED) is 0.355. The second kappa shape index (κ2) is 7.60. The highest BCUT2D eigenvalue weighted by molar-refractivity contribution is 5.72. The zero-order valence-corrected chi connectivity index (χ0v) is 19.8. The number of fused-ring (bicyclic) bond motifs is 2. The van der Waals surface area contributed by atoms with E-state index in [1.807, 2.05) is 6.92 Å². The van der Waals surface area contributed by atoms with Gasteiger partial charge in [0, 0.05) is 0 Å². The second-order valence-corrected chi connectivity index (χ2v) is 11.4. The number of rotatable bonds is 3. The first-order valence-electron chi connectivity index (χ1n) is 11.8. The van der Waals surface area contributed by atoms with E-state index >= 15 is 0 Å². The molecule has 0 unspecified atom stereocenters. The second-order valence-electron chi connectivity index (χ2n) is 11.4. The minimum atomic E-state index is -0.486. The van der Waals surface area contributed by atoms with Crippen LogP contribution in [0, 0.1) is 29.1 Å². The van der Waals surface area contributed by atoms with Gasteiger partial charge in [0.25, 0.3) is 0 Å². The Balaban J connectivity index is 1.49. The molecule has 0 spiro atoms. The summed E-state index contributed by atoms with van der Waals surface area (Å²) in [4.78, 5) is 23.6. The summed E-state index contributed by atoms with van der Waals surface area (Å²) < 4.78 is 11.7. The number of hydrogen-bond acceptors (Lipinski definition) is 5. The lowest BCUT2D eigenvalue weighted by molar-refractivity contribution is -0.425. The van der Waals surface area contributed by atoms with Gasteiger partial charge in [-0.1, -0.05) is 25.5 Å². The summed E-state index contributed by atoms with van der Waals surface area (Å²) in [5, 5.41) is 0. The topological polar surface area (TPSA) is 54.0 Å². The van der Waals surface area contributed by atoms with Crippen LogP contribution in [0.5, 0.6) is 0 Å². The fourth-order valence-electron chi connectivity index (χ4n) is 7.16.